The number of carbonyl (C=O) groups is 2. The number of methoxy groups -OCH3 is 1. The van der Waals surface area contributed by atoms with Crippen LogP contribution in [0.25, 0.3) is 10.9 Å². The van der Waals surface area contributed by atoms with Gasteiger partial charge in [-0.15, -0.1) is 0 Å². The van der Waals surface area contributed by atoms with E-state index in [4.69, 9.17) is 9.47 Å². The van der Waals surface area contributed by atoms with Crippen LogP contribution in [0.15, 0.2) is 48.4 Å². The number of likely N-dealkylation sites (N-methyl/N-ethyl adjacent to an activating group) is 1. The van der Waals surface area contributed by atoms with Gasteiger partial charge in [-0.2, -0.15) is 0 Å². The molecule has 0 radical (unpaired) electrons. The molecule has 0 unspecified atom stereocenters. The van der Waals surface area contributed by atoms with Gasteiger partial charge in [-0.25, -0.2) is 9.59 Å². The van der Waals surface area contributed by atoms with Gasteiger partial charge in [0.25, 0.3) is 0 Å². The fraction of sp³-hybridized carbons (Fsp3) is 0.391. The van der Waals surface area contributed by atoms with E-state index >= 15 is 0 Å². The molecule has 0 atom stereocenters. The number of benzene rings is 1. The second kappa shape index (κ2) is 10.2. The monoisotopic (exact) mass is 426 g/mol. The number of esters is 1. The van der Waals surface area contributed by atoms with E-state index in [1.54, 1.807) is 17.9 Å². The minimum atomic E-state index is -0.433. The molecule has 8 nitrogen and oxygen atoms in total. The van der Waals surface area contributed by atoms with Crippen molar-refractivity contribution in [1.82, 2.24) is 19.7 Å². The number of hydrogen-bond donors (Lipinski definition) is 1. The Morgan fingerprint density at radius 2 is 2.06 bits per heavy atom. The van der Waals surface area contributed by atoms with Crippen LogP contribution in [0.5, 0.6) is 5.75 Å². The van der Waals surface area contributed by atoms with Crippen molar-refractivity contribution in [2.45, 2.75) is 19.8 Å². The maximum absolute atomic E-state index is 12.8. The summed E-state index contributed by atoms with van der Waals surface area (Å²) >= 11 is 0. The van der Waals surface area contributed by atoms with Crippen LogP contribution in [-0.2, 0) is 16.0 Å². The predicted molar refractivity (Wildman–Crippen MR) is 120 cm³/mol. The van der Waals surface area contributed by atoms with Gasteiger partial charge in [-0.05, 0) is 57.4 Å². The molecule has 1 amide bonds. The van der Waals surface area contributed by atoms with Crippen molar-refractivity contribution in [2.24, 2.45) is 0 Å². The van der Waals surface area contributed by atoms with Crippen LogP contribution in [-0.4, -0.2) is 67.4 Å². The highest BCUT2D eigenvalue weighted by Crippen LogP contribution is 2.26. The van der Waals surface area contributed by atoms with Gasteiger partial charge in [0, 0.05) is 37.3 Å². The number of amides is 1. The molecule has 8 heteroatoms. The van der Waals surface area contributed by atoms with Gasteiger partial charge < -0.3 is 24.6 Å². The predicted octanol–water partition coefficient (Wildman–Crippen LogP) is 2.94. The second-order valence-corrected chi connectivity index (χ2v) is 7.59. The van der Waals surface area contributed by atoms with Gasteiger partial charge in [0.2, 0.25) is 0 Å². The Morgan fingerprint density at radius 3 is 2.77 bits per heavy atom. The molecule has 0 bridgehead atoms. The molecule has 0 spiro atoms. The van der Waals surface area contributed by atoms with Crippen LogP contribution in [0.4, 0.5) is 4.79 Å². The summed E-state index contributed by atoms with van der Waals surface area (Å²) in [5.74, 6) is 0.304. The highest BCUT2D eigenvalue weighted by molar-refractivity contribution is 5.94. The Kier molecular flexibility index (Phi) is 7.36. The summed E-state index contributed by atoms with van der Waals surface area (Å²) in [5.41, 5.74) is 2.38. The highest BCUT2D eigenvalue weighted by atomic mass is 16.5. The lowest BCUT2D eigenvalue weighted by Gasteiger charge is -2.18. The molecule has 2 heterocycles. The molecule has 2 aromatic rings. The summed E-state index contributed by atoms with van der Waals surface area (Å²) in [6.07, 6.45) is 8.75. The van der Waals surface area contributed by atoms with Crippen molar-refractivity contribution in [3.05, 3.63) is 54.0 Å². The van der Waals surface area contributed by atoms with Crippen molar-refractivity contribution >= 4 is 22.9 Å². The SMILES string of the molecule is CCN1C=CCC(C(=O)OCNC(=O)n2cc(CCN(C)C)c3cc(OC)ccc32)=C1. The summed E-state index contributed by atoms with van der Waals surface area (Å²) in [5, 5.41) is 3.64. The number of aromatic nitrogens is 1. The average molecular weight is 427 g/mol. The van der Waals surface area contributed by atoms with Crippen LogP contribution >= 0.6 is 0 Å². The number of ether oxygens (including phenoxy) is 2. The Hall–Kier alpha value is -3.26. The molecule has 1 aliphatic rings. The van der Waals surface area contributed by atoms with Gasteiger partial charge in [0.1, 0.15) is 5.75 Å². The number of allylic oxidation sites excluding steroid dienone is 1. The number of carbonyl (C=O) groups excluding carboxylic acids is 2. The second-order valence-electron chi connectivity index (χ2n) is 7.59. The van der Waals surface area contributed by atoms with E-state index in [1.807, 2.05) is 62.6 Å². The van der Waals surface area contributed by atoms with E-state index < -0.39 is 5.97 Å². The minimum Gasteiger partial charge on any atom is -0.497 e. The standard InChI is InChI=1S/C23H30N4O4/c1-5-26-11-6-7-18(14-26)22(28)31-16-24-23(29)27-15-17(10-12-25(2)3)20-13-19(30-4)8-9-21(20)27/h6,8-9,11,13-15H,5,7,10,12,16H2,1-4H3,(H,24,29). The summed E-state index contributed by atoms with van der Waals surface area (Å²) in [4.78, 5) is 29.1. The fourth-order valence-corrected chi connectivity index (χ4v) is 3.40. The Labute approximate surface area is 182 Å². The van der Waals surface area contributed by atoms with Gasteiger partial charge in [0.15, 0.2) is 6.73 Å². The molecular formula is C23H30N4O4. The largest absolute Gasteiger partial charge is 0.497 e. The lowest BCUT2D eigenvalue weighted by atomic mass is 10.1. The summed E-state index contributed by atoms with van der Waals surface area (Å²) < 4.78 is 12.2. The van der Waals surface area contributed by atoms with E-state index in [0.717, 1.165) is 41.7 Å². The van der Waals surface area contributed by atoms with Gasteiger partial charge in [-0.1, -0.05) is 6.08 Å². The van der Waals surface area contributed by atoms with Crippen LogP contribution in [0.1, 0.15) is 18.9 Å². The molecule has 0 saturated heterocycles. The topological polar surface area (TPSA) is 76.0 Å². The molecule has 1 aliphatic heterocycles. The molecule has 1 aromatic heterocycles. The van der Waals surface area contributed by atoms with Gasteiger partial charge in [0.05, 0.1) is 18.2 Å². The number of rotatable bonds is 8. The normalized spacial score (nSPS) is 13.5. The maximum Gasteiger partial charge on any atom is 0.337 e. The van der Waals surface area contributed by atoms with E-state index in [-0.39, 0.29) is 12.8 Å². The lowest BCUT2D eigenvalue weighted by molar-refractivity contribution is -0.139. The first-order valence-corrected chi connectivity index (χ1v) is 10.3. The lowest BCUT2D eigenvalue weighted by Crippen LogP contribution is -2.31. The van der Waals surface area contributed by atoms with Crippen molar-refractivity contribution in [2.75, 3.05) is 41.0 Å². The Balaban J connectivity index is 1.69. The van der Waals surface area contributed by atoms with Crippen molar-refractivity contribution in [1.29, 1.82) is 0 Å². The number of nitrogens with one attached hydrogen (secondary N) is 1. The van der Waals surface area contributed by atoms with Crippen LogP contribution in [0.3, 0.4) is 0 Å². The third kappa shape index (κ3) is 5.46. The van der Waals surface area contributed by atoms with Crippen molar-refractivity contribution in [3.8, 4) is 5.75 Å². The van der Waals surface area contributed by atoms with E-state index in [1.165, 1.54) is 0 Å². The molecule has 0 aliphatic carbocycles. The van der Waals surface area contributed by atoms with Gasteiger partial charge in [-0.3, -0.25) is 4.57 Å². The van der Waals surface area contributed by atoms with Gasteiger partial charge >= 0.3 is 12.0 Å². The molecule has 31 heavy (non-hydrogen) atoms. The molecule has 3 rings (SSSR count). The van der Waals surface area contributed by atoms with Crippen LogP contribution in [0, 0.1) is 0 Å². The molecule has 1 N–H and O–H groups in total. The Bertz CT molecular complexity index is 1010. The quantitative estimate of drug-likeness (QED) is 0.517. The number of hydrogen-bond acceptors (Lipinski definition) is 6. The third-order valence-electron chi connectivity index (χ3n) is 5.15. The highest BCUT2D eigenvalue weighted by Gasteiger charge is 2.17. The zero-order valence-electron chi connectivity index (χ0n) is 18.6. The Morgan fingerprint density at radius 1 is 1.26 bits per heavy atom. The average Bonchev–Trinajstić information content (AvgIpc) is 3.15. The molecular weight excluding hydrogens is 396 g/mol. The summed E-state index contributed by atoms with van der Waals surface area (Å²) in [6.45, 7) is 3.42. The third-order valence-corrected chi connectivity index (χ3v) is 5.15. The molecule has 0 saturated carbocycles. The van der Waals surface area contributed by atoms with Crippen molar-refractivity contribution < 1.29 is 19.1 Å². The van der Waals surface area contributed by atoms with E-state index in [0.29, 0.717) is 12.0 Å². The van der Waals surface area contributed by atoms with Crippen molar-refractivity contribution in [3.63, 3.8) is 0 Å². The van der Waals surface area contributed by atoms with E-state index in [9.17, 15) is 9.59 Å². The molecule has 166 valence electrons. The summed E-state index contributed by atoms with van der Waals surface area (Å²) in [7, 11) is 5.65. The number of fused-ring (bicyclic) bond motifs is 1. The zero-order chi connectivity index (χ0) is 22.4. The first-order chi connectivity index (χ1) is 14.9. The van der Waals surface area contributed by atoms with Crippen LogP contribution in [0.2, 0.25) is 0 Å². The summed E-state index contributed by atoms with van der Waals surface area (Å²) in [6, 6.07) is 5.26. The molecule has 0 fully saturated rings. The minimum absolute atomic E-state index is 0.201. The number of nitrogens with zero attached hydrogens (tertiary/aromatic N) is 3. The fourth-order valence-electron chi connectivity index (χ4n) is 3.40. The van der Waals surface area contributed by atoms with Crippen LogP contribution < -0.4 is 10.1 Å². The first kappa shape index (κ1) is 22.4. The smallest absolute Gasteiger partial charge is 0.337 e. The maximum atomic E-state index is 12.8. The zero-order valence-corrected chi connectivity index (χ0v) is 18.6. The first-order valence-electron chi connectivity index (χ1n) is 10.3. The van der Waals surface area contributed by atoms with E-state index in [2.05, 4.69) is 10.2 Å². The molecule has 1 aromatic carbocycles.